The number of fused-ring (bicyclic) bond motifs is 1. The number of alkyl halides is 3. The lowest BCUT2D eigenvalue weighted by atomic mass is 9.81. The third-order valence-electron chi connectivity index (χ3n) is 5.57. The van der Waals surface area contributed by atoms with Crippen LogP contribution in [-0.2, 0) is 15.8 Å². The van der Waals surface area contributed by atoms with E-state index in [4.69, 9.17) is 0 Å². The Morgan fingerprint density at radius 3 is 2.38 bits per heavy atom. The lowest BCUT2D eigenvalue weighted by Gasteiger charge is -2.35. The monoisotopic (exact) mass is 444 g/mol. The molecule has 0 fully saturated rings. The van der Waals surface area contributed by atoms with Gasteiger partial charge in [0.2, 0.25) is 11.8 Å². The van der Waals surface area contributed by atoms with Gasteiger partial charge in [0.1, 0.15) is 0 Å². The van der Waals surface area contributed by atoms with Gasteiger partial charge in [-0.3, -0.25) is 9.59 Å². The molecule has 2 aromatic carbocycles. The molecule has 0 aromatic heterocycles. The van der Waals surface area contributed by atoms with Gasteiger partial charge in [0.05, 0.1) is 24.1 Å². The Balaban J connectivity index is 1.88. The number of amides is 2. The van der Waals surface area contributed by atoms with E-state index in [9.17, 15) is 22.8 Å². The van der Waals surface area contributed by atoms with E-state index in [0.717, 1.165) is 23.3 Å². The minimum atomic E-state index is -4.47. The van der Waals surface area contributed by atoms with Crippen LogP contribution in [-0.4, -0.2) is 16.7 Å². The molecule has 1 N–H and O–H groups in total. The lowest BCUT2D eigenvalue weighted by molar-refractivity contribution is -0.137. The fourth-order valence-electron chi connectivity index (χ4n) is 4.00. The van der Waals surface area contributed by atoms with E-state index in [1.807, 2.05) is 51.1 Å². The minimum Gasteiger partial charge on any atom is -0.349 e. The fraction of sp³-hybridized carbons (Fsp3) is 0.360. The van der Waals surface area contributed by atoms with Crippen LogP contribution in [0.5, 0.6) is 0 Å². The van der Waals surface area contributed by atoms with E-state index in [1.54, 1.807) is 12.3 Å². The number of nitrogens with zero attached hydrogens (tertiary/aromatic N) is 1. The van der Waals surface area contributed by atoms with Crippen molar-refractivity contribution in [3.8, 4) is 0 Å². The third kappa shape index (κ3) is 5.21. The molecule has 1 aliphatic rings. The molecule has 0 spiro atoms. The highest BCUT2D eigenvalue weighted by atomic mass is 19.4. The van der Waals surface area contributed by atoms with Crippen LogP contribution in [0.2, 0.25) is 0 Å². The standard InChI is InChI=1S/C25H27F3N2O2/c1-16(31)30-13-12-17-8-5-6-11-20(17)21(30)15-22(32)29-23(24(2,3)4)18-9-7-10-19(14-18)25(26,27)28/h5-14,21,23H,15H2,1-4H3,(H,29,32). The zero-order valence-electron chi connectivity index (χ0n) is 18.5. The van der Waals surface area contributed by atoms with Crippen molar-refractivity contribution in [3.63, 3.8) is 0 Å². The molecule has 0 saturated heterocycles. The summed E-state index contributed by atoms with van der Waals surface area (Å²) in [6, 6.07) is 11.4. The summed E-state index contributed by atoms with van der Waals surface area (Å²) < 4.78 is 39.7. The molecule has 1 aliphatic heterocycles. The van der Waals surface area contributed by atoms with E-state index in [2.05, 4.69) is 5.32 Å². The molecule has 4 nitrogen and oxygen atoms in total. The molecule has 1 heterocycles. The van der Waals surface area contributed by atoms with Crippen LogP contribution in [0, 0.1) is 5.41 Å². The van der Waals surface area contributed by atoms with Gasteiger partial charge in [-0.15, -0.1) is 0 Å². The summed E-state index contributed by atoms with van der Waals surface area (Å²) in [4.78, 5) is 26.8. The Labute approximate surface area is 186 Å². The van der Waals surface area contributed by atoms with Crippen LogP contribution >= 0.6 is 0 Å². The summed E-state index contributed by atoms with van der Waals surface area (Å²) in [5.41, 5.74) is 0.866. The Morgan fingerprint density at radius 2 is 1.75 bits per heavy atom. The van der Waals surface area contributed by atoms with E-state index >= 15 is 0 Å². The average molecular weight is 444 g/mol. The highest BCUT2D eigenvalue weighted by Crippen LogP contribution is 2.37. The third-order valence-corrected chi connectivity index (χ3v) is 5.57. The predicted molar refractivity (Wildman–Crippen MR) is 117 cm³/mol. The SMILES string of the molecule is CC(=O)N1C=Cc2ccccc2C1CC(=O)NC(c1cccc(C(F)(F)F)c1)C(C)(C)C. The first-order valence-corrected chi connectivity index (χ1v) is 10.4. The summed E-state index contributed by atoms with van der Waals surface area (Å²) in [5.74, 6) is -0.539. The number of rotatable bonds is 4. The summed E-state index contributed by atoms with van der Waals surface area (Å²) in [6.45, 7) is 7.01. The first kappa shape index (κ1) is 23.6. The maximum Gasteiger partial charge on any atom is 0.416 e. The van der Waals surface area contributed by atoms with Gasteiger partial charge in [0, 0.05) is 13.1 Å². The maximum absolute atomic E-state index is 13.2. The van der Waals surface area contributed by atoms with Crippen LogP contribution in [0.4, 0.5) is 13.2 Å². The Kier molecular flexibility index (Phi) is 6.49. The zero-order chi connectivity index (χ0) is 23.7. The van der Waals surface area contributed by atoms with E-state index in [-0.39, 0.29) is 18.2 Å². The highest BCUT2D eigenvalue weighted by Gasteiger charge is 2.35. The number of halogens is 3. The number of benzene rings is 2. The summed E-state index contributed by atoms with van der Waals surface area (Å²) >= 11 is 0. The second-order valence-electron chi connectivity index (χ2n) is 9.08. The second-order valence-corrected chi connectivity index (χ2v) is 9.08. The number of hydrogen-bond donors (Lipinski definition) is 1. The minimum absolute atomic E-state index is 0.00747. The molecule has 3 rings (SSSR count). The average Bonchev–Trinajstić information content (AvgIpc) is 2.70. The molecule has 0 radical (unpaired) electrons. The first-order valence-electron chi connectivity index (χ1n) is 10.4. The summed E-state index contributed by atoms with van der Waals surface area (Å²) in [7, 11) is 0. The van der Waals surface area contributed by atoms with Gasteiger partial charge in [-0.1, -0.05) is 57.2 Å². The second kappa shape index (κ2) is 8.81. The van der Waals surface area contributed by atoms with Gasteiger partial charge in [0.15, 0.2) is 0 Å². The summed E-state index contributed by atoms with van der Waals surface area (Å²) in [6.07, 6.45) is -0.989. The van der Waals surface area contributed by atoms with Gasteiger partial charge < -0.3 is 10.2 Å². The quantitative estimate of drug-likeness (QED) is 0.641. The Bertz CT molecular complexity index is 1040. The fourth-order valence-corrected chi connectivity index (χ4v) is 4.00. The van der Waals surface area contributed by atoms with Crippen LogP contribution in [0.15, 0.2) is 54.7 Å². The van der Waals surface area contributed by atoms with E-state index < -0.39 is 29.2 Å². The molecular weight excluding hydrogens is 417 g/mol. The normalized spacial score (nSPS) is 17.0. The molecule has 0 saturated carbocycles. The zero-order valence-corrected chi connectivity index (χ0v) is 18.5. The van der Waals surface area contributed by atoms with Gasteiger partial charge in [-0.2, -0.15) is 13.2 Å². The number of nitrogens with one attached hydrogen (secondary N) is 1. The van der Waals surface area contributed by atoms with Crippen LogP contribution in [0.1, 0.15) is 68.5 Å². The Morgan fingerprint density at radius 1 is 1.06 bits per heavy atom. The topological polar surface area (TPSA) is 49.4 Å². The molecule has 32 heavy (non-hydrogen) atoms. The molecule has 2 atom stereocenters. The van der Waals surface area contributed by atoms with Crippen molar-refractivity contribution in [3.05, 3.63) is 77.0 Å². The molecule has 0 aliphatic carbocycles. The largest absolute Gasteiger partial charge is 0.416 e. The molecular formula is C25H27F3N2O2. The van der Waals surface area contributed by atoms with Crippen molar-refractivity contribution in [1.29, 1.82) is 0 Å². The number of hydrogen-bond acceptors (Lipinski definition) is 2. The van der Waals surface area contributed by atoms with Crippen molar-refractivity contribution in [2.75, 3.05) is 0 Å². The smallest absolute Gasteiger partial charge is 0.349 e. The van der Waals surface area contributed by atoms with Gasteiger partial charge >= 0.3 is 6.18 Å². The van der Waals surface area contributed by atoms with Crippen molar-refractivity contribution >= 4 is 17.9 Å². The highest BCUT2D eigenvalue weighted by molar-refractivity contribution is 5.82. The van der Waals surface area contributed by atoms with Crippen LogP contribution < -0.4 is 5.32 Å². The molecule has 2 amide bonds. The van der Waals surface area contributed by atoms with Crippen molar-refractivity contribution < 1.29 is 22.8 Å². The first-order chi connectivity index (χ1) is 14.9. The van der Waals surface area contributed by atoms with Crippen LogP contribution in [0.25, 0.3) is 6.08 Å². The Hall–Kier alpha value is -3.09. The molecule has 170 valence electrons. The molecule has 2 aromatic rings. The van der Waals surface area contributed by atoms with Crippen molar-refractivity contribution in [2.45, 2.75) is 52.4 Å². The van der Waals surface area contributed by atoms with E-state index in [1.165, 1.54) is 17.9 Å². The molecule has 7 heteroatoms. The van der Waals surface area contributed by atoms with Crippen molar-refractivity contribution in [1.82, 2.24) is 10.2 Å². The number of carbonyl (C=O) groups excluding carboxylic acids is 2. The predicted octanol–water partition coefficient (Wildman–Crippen LogP) is 5.87. The molecule has 2 unspecified atom stereocenters. The molecule has 0 bridgehead atoms. The van der Waals surface area contributed by atoms with Gasteiger partial charge in [-0.05, 0) is 40.3 Å². The number of carbonyl (C=O) groups is 2. The van der Waals surface area contributed by atoms with E-state index in [0.29, 0.717) is 5.56 Å². The van der Waals surface area contributed by atoms with Crippen molar-refractivity contribution in [2.24, 2.45) is 5.41 Å². The maximum atomic E-state index is 13.2. The van der Waals surface area contributed by atoms with Gasteiger partial charge in [0.25, 0.3) is 0 Å². The van der Waals surface area contributed by atoms with Crippen LogP contribution in [0.3, 0.4) is 0 Å². The lowest BCUT2D eigenvalue weighted by Crippen LogP contribution is -2.40. The van der Waals surface area contributed by atoms with Gasteiger partial charge in [-0.25, -0.2) is 0 Å². The summed E-state index contributed by atoms with van der Waals surface area (Å²) in [5, 5.41) is 2.92.